The molecule has 2 amide bonds. The second-order valence-electron chi connectivity index (χ2n) is 4.14. The number of urea groups is 1. The molecule has 0 unspecified atom stereocenters. The van der Waals surface area contributed by atoms with E-state index in [-0.39, 0.29) is 12.6 Å². The van der Waals surface area contributed by atoms with Gasteiger partial charge in [-0.25, -0.2) is 4.79 Å². The molecular formula is C11H20N2O3. The molecule has 0 aromatic rings. The van der Waals surface area contributed by atoms with Gasteiger partial charge in [0.15, 0.2) is 0 Å². The second kappa shape index (κ2) is 7.09. The van der Waals surface area contributed by atoms with Crippen LogP contribution >= 0.6 is 0 Å². The van der Waals surface area contributed by atoms with E-state index in [1.807, 2.05) is 0 Å². The number of esters is 1. The van der Waals surface area contributed by atoms with E-state index >= 15 is 0 Å². The molecule has 1 saturated carbocycles. The van der Waals surface area contributed by atoms with E-state index in [1.165, 1.54) is 39.2 Å². The number of hydrogen-bond acceptors (Lipinski definition) is 3. The van der Waals surface area contributed by atoms with Crippen molar-refractivity contribution in [1.29, 1.82) is 0 Å². The van der Waals surface area contributed by atoms with Crippen LogP contribution in [0.2, 0.25) is 0 Å². The quantitative estimate of drug-likeness (QED) is 0.706. The summed E-state index contributed by atoms with van der Waals surface area (Å²) in [6, 6.07) is -0.295. The highest BCUT2D eigenvalue weighted by Gasteiger charge is 2.14. The van der Waals surface area contributed by atoms with Gasteiger partial charge in [0.2, 0.25) is 0 Å². The average molecular weight is 228 g/mol. The minimum Gasteiger partial charge on any atom is -0.468 e. The van der Waals surface area contributed by atoms with E-state index < -0.39 is 5.97 Å². The molecule has 0 aromatic carbocycles. The molecule has 92 valence electrons. The lowest BCUT2D eigenvalue weighted by Crippen LogP contribution is -2.41. The van der Waals surface area contributed by atoms with Gasteiger partial charge in [0.1, 0.15) is 6.54 Å². The first-order valence-electron chi connectivity index (χ1n) is 5.81. The van der Waals surface area contributed by atoms with Crippen molar-refractivity contribution in [3.63, 3.8) is 0 Å². The second-order valence-corrected chi connectivity index (χ2v) is 4.14. The number of carbonyl (C=O) groups excluding carboxylic acids is 2. The van der Waals surface area contributed by atoms with Gasteiger partial charge in [-0.3, -0.25) is 4.79 Å². The highest BCUT2D eigenvalue weighted by atomic mass is 16.5. The summed E-state index contributed by atoms with van der Waals surface area (Å²) in [4.78, 5) is 22.0. The lowest BCUT2D eigenvalue weighted by Gasteiger charge is -2.21. The number of amides is 2. The van der Waals surface area contributed by atoms with Gasteiger partial charge in [-0.1, -0.05) is 19.3 Å². The van der Waals surface area contributed by atoms with Crippen molar-refractivity contribution in [3.05, 3.63) is 0 Å². The maximum atomic E-state index is 11.3. The van der Waals surface area contributed by atoms with E-state index in [9.17, 15) is 9.59 Å². The lowest BCUT2D eigenvalue weighted by molar-refractivity contribution is -0.139. The minimum atomic E-state index is -0.437. The Hall–Kier alpha value is -1.26. The molecule has 1 aliphatic rings. The Kier molecular flexibility index (Phi) is 5.67. The molecule has 0 spiro atoms. The van der Waals surface area contributed by atoms with E-state index in [4.69, 9.17) is 0 Å². The van der Waals surface area contributed by atoms with E-state index in [0.717, 1.165) is 0 Å². The topological polar surface area (TPSA) is 67.4 Å². The van der Waals surface area contributed by atoms with Crippen LogP contribution in [0.5, 0.6) is 0 Å². The van der Waals surface area contributed by atoms with Crippen molar-refractivity contribution < 1.29 is 14.3 Å². The molecule has 0 heterocycles. The van der Waals surface area contributed by atoms with Gasteiger partial charge >= 0.3 is 12.0 Å². The molecule has 1 fully saturated rings. The summed E-state index contributed by atoms with van der Waals surface area (Å²) in [6.07, 6.45) is 6.21. The predicted molar refractivity (Wildman–Crippen MR) is 60.0 cm³/mol. The Balaban J connectivity index is 2.07. The van der Waals surface area contributed by atoms with Crippen molar-refractivity contribution >= 4 is 12.0 Å². The maximum Gasteiger partial charge on any atom is 0.325 e. The van der Waals surface area contributed by atoms with Gasteiger partial charge < -0.3 is 15.4 Å². The van der Waals surface area contributed by atoms with Crippen molar-refractivity contribution in [2.24, 2.45) is 5.92 Å². The van der Waals surface area contributed by atoms with Gasteiger partial charge in [0.25, 0.3) is 0 Å². The van der Waals surface area contributed by atoms with Crippen molar-refractivity contribution in [3.8, 4) is 0 Å². The summed E-state index contributed by atoms with van der Waals surface area (Å²) in [5, 5.41) is 5.22. The molecule has 0 atom stereocenters. The molecular weight excluding hydrogens is 208 g/mol. The first-order chi connectivity index (χ1) is 7.72. The Bertz CT molecular complexity index is 237. The van der Waals surface area contributed by atoms with Crippen molar-refractivity contribution in [2.45, 2.75) is 32.1 Å². The first-order valence-corrected chi connectivity index (χ1v) is 5.81. The number of rotatable bonds is 4. The van der Waals surface area contributed by atoms with Gasteiger partial charge in [-0.05, 0) is 18.8 Å². The van der Waals surface area contributed by atoms with Crippen LogP contribution in [-0.2, 0) is 9.53 Å². The summed E-state index contributed by atoms with van der Waals surface area (Å²) in [5.74, 6) is 0.158. The predicted octanol–water partition coefficient (Wildman–Crippen LogP) is 1.04. The van der Waals surface area contributed by atoms with Crippen LogP contribution in [0.15, 0.2) is 0 Å². The standard InChI is InChI=1S/C11H20N2O3/c1-16-10(14)8-13-11(15)12-7-9-5-3-2-4-6-9/h9H,2-8H2,1H3,(H2,12,13,15). The van der Waals surface area contributed by atoms with E-state index in [2.05, 4.69) is 15.4 Å². The van der Waals surface area contributed by atoms with E-state index in [0.29, 0.717) is 12.5 Å². The maximum absolute atomic E-state index is 11.3. The summed E-state index contributed by atoms with van der Waals surface area (Å²) < 4.78 is 4.41. The Morgan fingerprint density at radius 2 is 1.88 bits per heavy atom. The molecule has 16 heavy (non-hydrogen) atoms. The fourth-order valence-electron chi connectivity index (χ4n) is 1.92. The third kappa shape index (κ3) is 5.00. The largest absolute Gasteiger partial charge is 0.468 e. The zero-order valence-corrected chi connectivity index (χ0v) is 9.75. The van der Waals surface area contributed by atoms with Gasteiger partial charge in [0, 0.05) is 6.54 Å². The van der Waals surface area contributed by atoms with E-state index in [1.54, 1.807) is 0 Å². The van der Waals surface area contributed by atoms with Crippen LogP contribution in [0.1, 0.15) is 32.1 Å². The zero-order chi connectivity index (χ0) is 11.8. The van der Waals surface area contributed by atoms with Crippen LogP contribution in [0, 0.1) is 5.92 Å². The van der Waals surface area contributed by atoms with Crippen LogP contribution in [-0.4, -0.2) is 32.2 Å². The molecule has 0 radical (unpaired) electrons. The van der Waals surface area contributed by atoms with Gasteiger partial charge in [-0.2, -0.15) is 0 Å². The minimum absolute atomic E-state index is 0.0764. The molecule has 1 rings (SSSR count). The Morgan fingerprint density at radius 1 is 1.19 bits per heavy atom. The summed E-state index contributed by atoms with van der Waals surface area (Å²) in [5.41, 5.74) is 0. The number of methoxy groups -OCH3 is 1. The summed E-state index contributed by atoms with van der Waals surface area (Å²) >= 11 is 0. The summed E-state index contributed by atoms with van der Waals surface area (Å²) in [7, 11) is 1.30. The van der Waals surface area contributed by atoms with Crippen LogP contribution in [0.4, 0.5) is 4.79 Å². The number of hydrogen-bond donors (Lipinski definition) is 2. The fraction of sp³-hybridized carbons (Fsp3) is 0.818. The molecule has 0 saturated heterocycles. The molecule has 1 aliphatic carbocycles. The number of nitrogens with one attached hydrogen (secondary N) is 2. The molecule has 5 heteroatoms. The molecule has 0 aliphatic heterocycles. The third-order valence-electron chi connectivity index (χ3n) is 2.90. The van der Waals surface area contributed by atoms with Gasteiger partial charge in [0.05, 0.1) is 7.11 Å². The number of carbonyl (C=O) groups is 2. The van der Waals surface area contributed by atoms with Gasteiger partial charge in [-0.15, -0.1) is 0 Å². The lowest BCUT2D eigenvalue weighted by atomic mass is 9.89. The number of ether oxygens (including phenoxy) is 1. The molecule has 2 N–H and O–H groups in total. The normalized spacial score (nSPS) is 16.6. The smallest absolute Gasteiger partial charge is 0.325 e. The first kappa shape index (κ1) is 12.8. The average Bonchev–Trinajstić information content (AvgIpc) is 2.34. The van der Waals surface area contributed by atoms with Crippen LogP contribution < -0.4 is 10.6 Å². The highest BCUT2D eigenvalue weighted by Crippen LogP contribution is 2.22. The Morgan fingerprint density at radius 3 is 2.50 bits per heavy atom. The molecule has 0 aromatic heterocycles. The van der Waals surface area contributed by atoms with Crippen LogP contribution in [0.25, 0.3) is 0 Å². The monoisotopic (exact) mass is 228 g/mol. The fourth-order valence-corrected chi connectivity index (χ4v) is 1.92. The molecule has 5 nitrogen and oxygen atoms in total. The van der Waals surface area contributed by atoms with Crippen molar-refractivity contribution in [1.82, 2.24) is 10.6 Å². The zero-order valence-electron chi connectivity index (χ0n) is 9.75. The summed E-state index contributed by atoms with van der Waals surface area (Å²) in [6.45, 7) is 0.625. The highest BCUT2D eigenvalue weighted by molar-refractivity contribution is 5.80. The Labute approximate surface area is 95.9 Å². The van der Waals surface area contributed by atoms with Crippen molar-refractivity contribution in [2.75, 3.05) is 20.2 Å². The molecule has 0 bridgehead atoms. The SMILES string of the molecule is COC(=O)CNC(=O)NCC1CCCCC1. The van der Waals surface area contributed by atoms with Crippen LogP contribution in [0.3, 0.4) is 0 Å². The third-order valence-corrected chi connectivity index (χ3v) is 2.90.